The molecule has 2 aromatic heterocycles. The molecule has 3 heterocycles. The molecule has 3 aromatic rings. The zero-order chi connectivity index (χ0) is 21.5. The van der Waals surface area contributed by atoms with Gasteiger partial charge in [0.05, 0.1) is 17.0 Å². The average molecular weight is 416 g/mol. The van der Waals surface area contributed by atoms with Crippen LogP contribution in [0.4, 0.5) is 17.6 Å². The molecule has 30 heavy (non-hydrogen) atoms. The van der Waals surface area contributed by atoms with Gasteiger partial charge in [-0.1, -0.05) is 0 Å². The number of rotatable bonds is 3. The third-order valence-corrected chi connectivity index (χ3v) is 4.89. The molecule has 0 radical (unpaired) electrons. The highest BCUT2D eigenvalue weighted by Gasteiger charge is 2.31. The number of nitrogens with one attached hydrogen (secondary N) is 1. The van der Waals surface area contributed by atoms with E-state index in [9.17, 15) is 22.4 Å². The van der Waals surface area contributed by atoms with Gasteiger partial charge in [0, 0.05) is 30.4 Å². The molecule has 1 aromatic carbocycles. The van der Waals surface area contributed by atoms with Gasteiger partial charge in [0.15, 0.2) is 0 Å². The highest BCUT2D eigenvalue weighted by atomic mass is 19.4. The number of pyridine rings is 1. The van der Waals surface area contributed by atoms with Gasteiger partial charge < -0.3 is 5.32 Å². The van der Waals surface area contributed by atoms with E-state index in [2.05, 4.69) is 20.3 Å². The van der Waals surface area contributed by atoms with Crippen molar-refractivity contribution in [2.24, 2.45) is 0 Å². The molecule has 1 aliphatic rings. The van der Waals surface area contributed by atoms with Crippen LogP contribution < -0.4 is 5.32 Å². The number of nitrogens with zero attached hydrogens (tertiary/aromatic N) is 3. The van der Waals surface area contributed by atoms with Crippen LogP contribution in [0.2, 0.25) is 0 Å². The Kier molecular flexibility index (Phi) is 4.97. The molecule has 154 valence electrons. The number of amides is 1. The maximum absolute atomic E-state index is 13.7. The SMILES string of the molecule is Cc1cnc(-c2cc(Cc3cc(F)cc(C(F)(F)F)c3)ncn2)c2c1C(=O)NCC2. The van der Waals surface area contributed by atoms with Crippen molar-refractivity contribution in [3.05, 3.63) is 76.1 Å². The Hall–Kier alpha value is -3.36. The van der Waals surface area contributed by atoms with Gasteiger partial charge in [0.2, 0.25) is 0 Å². The number of aryl methyl sites for hydroxylation is 1. The second-order valence-electron chi connectivity index (χ2n) is 7.07. The number of carbonyl (C=O) groups is 1. The Morgan fingerprint density at radius 3 is 2.67 bits per heavy atom. The van der Waals surface area contributed by atoms with Crippen LogP contribution in [0, 0.1) is 12.7 Å². The summed E-state index contributed by atoms with van der Waals surface area (Å²) in [5.74, 6) is -1.14. The molecule has 0 unspecified atom stereocenters. The summed E-state index contributed by atoms with van der Waals surface area (Å²) in [4.78, 5) is 25.0. The Morgan fingerprint density at radius 1 is 1.10 bits per heavy atom. The molecule has 0 atom stereocenters. The van der Waals surface area contributed by atoms with Crippen LogP contribution in [0.5, 0.6) is 0 Å². The molecule has 0 spiro atoms. The largest absolute Gasteiger partial charge is 0.416 e. The summed E-state index contributed by atoms with van der Waals surface area (Å²) in [5, 5.41) is 2.80. The second kappa shape index (κ2) is 7.47. The first kappa shape index (κ1) is 19.9. The zero-order valence-corrected chi connectivity index (χ0v) is 15.8. The predicted octanol–water partition coefficient (Wildman–Crippen LogP) is 3.88. The van der Waals surface area contributed by atoms with Crippen LogP contribution >= 0.6 is 0 Å². The minimum atomic E-state index is -4.64. The fourth-order valence-electron chi connectivity index (χ4n) is 3.58. The van der Waals surface area contributed by atoms with E-state index in [1.807, 2.05) is 0 Å². The normalized spacial score (nSPS) is 13.7. The lowest BCUT2D eigenvalue weighted by Crippen LogP contribution is -2.33. The topological polar surface area (TPSA) is 67.8 Å². The Morgan fingerprint density at radius 2 is 1.90 bits per heavy atom. The smallest absolute Gasteiger partial charge is 0.352 e. The molecule has 0 saturated heterocycles. The molecule has 0 bridgehead atoms. The van der Waals surface area contributed by atoms with E-state index in [4.69, 9.17) is 0 Å². The van der Waals surface area contributed by atoms with Gasteiger partial charge in [0.25, 0.3) is 5.91 Å². The minimum Gasteiger partial charge on any atom is -0.352 e. The molecule has 1 N–H and O–H groups in total. The summed E-state index contributed by atoms with van der Waals surface area (Å²) in [5.41, 5.74) is 2.58. The summed E-state index contributed by atoms with van der Waals surface area (Å²) < 4.78 is 52.6. The summed E-state index contributed by atoms with van der Waals surface area (Å²) in [7, 11) is 0. The van der Waals surface area contributed by atoms with Crippen LogP contribution in [-0.2, 0) is 19.0 Å². The molecular formula is C21H16F4N4O. The van der Waals surface area contributed by atoms with Gasteiger partial charge in [0.1, 0.15) is 12.1 Å². The van der Waals surface area contributed by atoms with Gasteiger partial charge in [-0.15, -0.1) is 0 Å². The molecule has 5 nitrogen and oxygen atoms in total. The maximum atomic E-state index is 13.7. The second-order valence-corrected chi connectivity index (χ2v) is 7.07. The van der Waals surface area contributed by atoms with Crippen LogP contribution in [0.1, 0.15) is 38.3 Å². The van der Waals surface area contributed by atoms with Crippen molar-refractivity contribution in [1.82, 2.24) is 20.3 Å². The van der Waals surface area contributed by atoms with E-state index in [0.717, 1.165) is 23.3 Å². The van der Waals surface area contributed by atoms with E-state index in [1.54, 1.807) is 19.2 Å². The number of aromatic nitrogens is 3. The first-order valence-electron chi connectivity index (χ1n) is 9.17. The van der Waals surface area contributed by atoms with Crippen molar-refractivity contribution in [3.8, 4) is 11.4 Å². The van der Waals surface area contributed by atoms with E-state index >= 15 is 0 Å². The van der Waals surface area contributed by atoms with Crippen molar-refractivity contribution in [2.75, 3.05) is 6.54 Å². The minimum absolute atomic E-state index is 0.00903. The van der Waals surface area contributed by atoms with Crippen LogP contribution in [0.25, 0.3) is 11.4 Å². The molecular weight excluding hydrogens is 400 g/mol. The standard InChI is InChI=1S/C21H16F4N4O/c1-11-9-27-19(16-2-3-26-20(30)18(11)16)17-8-15(28-10-29-17)6-12-4-13(21(23,24)25)7-14(22)5-12/h4-5,7-10H,2-3,6H2,1H3,(H,26,30). The number of hydrogen-bond donors (Lipinski definition) is 1. The van der Waals surface area contributed by atoms with Crippen LogP contribution in [-0.4, -0.2) is 27.4 Å². The van der Waals surface area contributed by atoms with E-state index < -0.39 is 17.6 Å². The van der Waals surface area contributed by atoms with Gasteiger partial charge in [-0.05, 0) is 54.3 Å². The lowest BCUT2D eigenvalue weighted by Gasteiger charge is -2.20. The molecule has 1 aliphatic heterocycles. The fraction of sp³-hybridized carbons (Fsp3) is 0.238. The maximum Gasteiger partial charge on any atom is 0.416 e. The van der Waals surface area contributed by atoms with E-state index in [0.29, 0.717) is 41.7 Å². The number of benzene rings is 1. The third-order valence-electron chi connectivity index (χ3n) is 4.89. The van der Waals surface area contributed by atoms with Gasteiger partial charge in [-0.25, -0.2) is 14.4 Å². The number of hydrogen-bond acceptors (Lipinski definition) is 4. The highest BCUT2D eigenvalue weighted by molar-refractivity contribution is 5.99. The number of alkyl halides is 3. The average Bonchev–Trinajstić information content (AvgIpc) is 2.67. The van der Waals surface area contributed by atoms with Gasteiger partial charge in [-0.2, -0.15) is 13.2 Å². The van der Waals surface area contributed by atoms with Gasteiger partial charge in [-0.3, -0.25) is 9.78 Å². The number of fused-ring (bicyclic) bond motifs is 1. The predicted molar refractivity (Wildman–Crippen MR) is 100 cm³/mol. The summed E-state index contributed by atoms with van der Waals surface area (Å²) in [6.45, 7) is 2.28. The molecule has 0 aliphatic carbocycles. The van der Waals surface area contributed by atoms with Crippen molar-refractivity contribution in [3.63, 3.8) is 0 Å². The summed E-state index contributed by atoms with van der Waals surface area (Å²) >= 11 is 0. The van der Waals surface area contributed by atoms with E-state index in [-0.39, 0.29) is 17.9 Å². The van der Waals surface area contributed by atoms with Crippen LogP contribution in [0.15, 0.2) is 36.8 Å². The third kappa shape index (κ3) is 3.87. The summed E-state index contributed by atoms with van der Waals surface area (Å²) in [6, 6.07) is 4.01. The first-order chi connectivity index (χ1) is 14.2. The fourth-order valence-corrected chi connectivity index (χ4v) is 3.58. The zero-order valence-electron chi connectivity index (χ0n) is 15.8. The summed E-state index contributed by atoms with van der Waals surface area (Å²) in [6.07, 6.45) is -1.19. The van der Waals surface area contributed by atoms with Crippen molar-refractivity contribution < 1.29 is 22.4 Å². The molecule has 0 fully saturated rings. The molecule has 1 amide bonds. The molecule has 9 heteroatoms. The molecule has 0 saturated carbocycles. The highest BCUT2D eigenvalue weighted by Crippen LogP contribution is 2.31. The molecule has 4 rings (SSSR count). The Balaban J connectivity index is 1.71. The Labute approximate surface area is 169 Å². The van der Waals surface area contributed by atoms with E-state index in [1.165, 1.54) is 6.33 Å². The number of halogens is 4. The quantitative estimate of drug-likeness (QED) is 0.658. The van der Waals surface area contributed by atoms with Crippen molar-refractivity contribution in [1.29, 1.82) is 0 Å². The number of carbonyl (C=O) groups excluding carboxylic acids is 1. The monoisotopic (exact) mass is 416 g/mol. The lowest BCUT2D eigenvalue weighted by atomic mass is 9.94. The van der Waals surface area contributed by atoms with Gasteiger partial charge >= 0.3 is 6.18 Å². The lowest BCUT2D eigenvalue weighted by molar-refractivity contribution is -0.137. The van der Waals surface area contributed by atoms with Crippen LogP contribution in [0.3, 0.4) is 0 Å². The van der Waals surface area contributed by atoms with Crippen molar-refractivity contribution >= 4 is 5.91 Å². The Bertz CT molecular complexity index is 1140. The first-order valence-corrected chi connectivity index (χ1v) is 9.17. The van der Waals surface area contributed by atoms with Crippen molar-refractivity contribution in [2.45, 2.75) is 25.9 Å².